The van der Waals surface area contributed by atoms with Gasteiger partial charge < -0.3 is 10.2 Å². The summed E-state index contributed by atoms with van der Waals surface area (Å²) in [5.41, 5.74) is 4.31. The van der Waals surface area contributed by atoms with Crippen molar-refractivity contribution in [3.63, 3.8) is 0 Å². The van der Waals surface area contributed by atoms with Gasteiger partial charge in [0.2, 0.25) is 0 Å². The fourth-order valence-electron chi connectivity index (χ4n) is 3.90. The molecule has 0 bridgehead atoms. The summed E-state index contributed by atoms with van der Waals surface area (Å²) in [5, 5.41) is 20.8. The fourth-order valence-corrected chi connectivity index (χ4v) is 3.90. The number of rotatable bonds is 0. The standard InChI is InChI=1S/C18H26O2/c1-17(19)7-3-5-13-10-16-12-18(2,20)8-4-6-14(16)9-15(13)11-17/h9-10,19-20H,3-8,11-12H2,1-2H3. The van der Waals surface area contributed by atoms with E-state index in [4.69, 9.17) is 0 Å². The van der Waals surface area contributed by atoms with E-state index in [1.54, 1.807) is 0 Å². The SMILES string of the molecule is CC1(O)CCCc2cc3c(cc2C1)CCCC(C)(O)C3. The predicted octanol–water partition coefficient (Wildman–Crippen LogP) is 2.95. The first-order valence-electron chi connectivity index (χ1n) is 7.93. The first-order valence-corrected chi connectivity index (χ1v) is 7.93. The molecule has 0 aromatic heterocycles. The normalized spacial score (nSPS) is 33.8. The lowest BCUT2D eigenvalue weighted by atomic mass is 9.88. The minimum Gasteiger partial charge on any atom is -0.390 e. The van der Waals surface area contributed by atoms with Gasteiger partial charge in [-0.05, 0) is 74.6 Å². The molecule has 0 heterocycles. The molecule has 2 aliphatic rings. The third kappa shape index (κ3) is 2.91. The second-order valence-electron chi connectivity index (χ2n) is 7.44. The molecule has 1 aromatic rings. The number of aryl methyl sites for hydroxylation is 2. The molecule has 2 nitrogen and oxygen atoms in total. The van der Waals surface area contributed by atoms with E-state index in [2.05, 4.69) is 12.1 Å². The Labute approximate surface area is 121 Å². The maximum absolute atomic E-state index is 10.4. The monoisotopic (exact) mass is 274 g/mol. The molecule has 20 heavy (non-hydrogen) atoms. The Bertz CT molecular complexity index is 467. The molecule has 0 fully saturated rings. The molecule has 0 spiro atoms. The first kappa shape index (κ1) is 14.1. The first-order chi connectivity index (χ1) is 9.35. The van der Waals surface area contributed by atoms with E-state index in [1.807, 2.05) is 13.8 Å². The van der Waals surface area contributed by atoms with Crippen LogP contribution in [0.25, 0.3) is 0 Å². The number of hydrogen-bond acceptors (Lipinski definition) is 2. The van der Waals surface area contributed by atoms with Crippen LogP contribution >= 0.6 is 0 Å². The van der Waals surface area contributed by atoms with E-state index in [9.17, 15) is 10.2 Å². The Balaban J connectivity index is 2.00. The van der Waals surface area contributed by atoms with Gasteiger partial charge >= 0.3 is 0 Å². The van der Waals surface area contributed by atoms with Crippen LogP contribution in [0.1, 0.15) is 61.8 Å². The summed E-state index contributed by atoms with van der Waals surface area (Å²) in [6, 6.07) is 4.62. The average molecular weight is 274 g/mol. The van der Waals surface area contributed by atoms with Crippen LogP contribution in [-0.2, 0) is 25.7 Å². The molecule has 3 rings (SSSR count). The van der Waals surface area contributed by atoms with E-state index in [0.717, 1.165) is 51.4 Å². The zero-order valence-electron chi connectivity index (χ0n) is 12.7. The highest BCUT2D eigenvalue weighted by Gasteiger charge is 2.29. The molecule has 2 unspecified atom stereocenters. The Morgan fingerprint density at radius 1 is 0.750 bits per heavy atom. The zero-order valence-corrected chi connectivity index (χ0v) is 12.7. The van der Waals surface area contributed by atoms with Gasteiger partial charge in [0.25, 0.3) is 0 Å². The quantitative estimate of drug-likeness (QED) is 0.714. The van der Waals surface area contributed by atoms with E-state index in [0.29, 0.717) is 0 Å². The minimum atomic E-state index is -0.560. The number of benzene rings is 1. The van der Waals surface area contributed by atoms with Crippen molar-refractivity contribution in [2.24, 2.45) is 0 Å². The molecule has 0 amide bonds. The topological polar surface area (TPSA) is 40.5 Å². The highest BCUT2D eigenvalue weighted by Crippen LogP contribution is 2.33. The maximum atomic E-state index is 10.4. The second kappa shape index (κ2) is 4.85. The van der Waals surface area contributed by atoms with Crippen LogP contribution in [0.3, 0.4) is 0 Å². The summed E-state index contributed by atoms with van der Waals surface area (Å²) in [7, 11) is 0. The fraction of sp³-hybridized carbons (Fsp3) is 0.667. The van der Waals surface area contributed by atoms with Crippen molar-refractivity contribution < 1.29 is 10.2 Å². The Kier molecular flexibility index (Phi) is 3.42. The summed E-state index contributed by atoms with van der Waals surface area (Å²) in [6.45, 7) is 3.91. The van der Waals surface area contributed by atoms with Gasteiger partial charge in [-0.25, -0.2) is 0 Å². The van der Waals surface area contributed by atoms with Gasteiger partial charge in [0.05, 0.1) is 11.2 Å². The highest BCUT2D eigenvalue weighted by atomic mass is 16.3. The molecule has 0 radical (unpaired) electrons. The van der Waals surface area contributed by atoms with E-state index < -0.39 is 11.2 Å². The molecule has 110 valence electrons. The van der Waals surface area contributed by atoms with Crippen LogP contribution in [0.2, 0.25) is 0 Å². The molecule has 0 saturated heterocycles. The van der Waals surface area contributed by atoms with Crippen molar-refractivity contribution in [2.75, 3.05) is 0 Å². The Morgan fingerprint density at radius 2 is 1.15 bits per heavy atom. The second-order valence-corrected chi connectivity index (χ2v) is 7.44. The van der Waals surface area contributed by atoms with Crippen molar-refractivity contribution in [2.45, 2.75) is 76.4 Å². The molecule has 2 atom stereocenters. The van der Waals surface area contributed by atoms with Crippen LogP contribution in [-0.4, -0.2) is 21.4 Å². The average Bonchev–Trinajstić information content (AvgIpc) is 2.54. The molecule has 0 saturated carbocycles. The van der Waals surface area contributed by atoms with E-state index in [1.165, 1.54) is 22.3 Å². The molecule has 2 N–H and O–H groups in total. The summed E-state index contributed by atoms with van der Waals surface area (Å²) >= 11 is 0. The van der Waals surface area contributed by atoms with Crippen LogP contribution in [0.15, 0.2) is 12.1 Å². The zero-order chi connectivity index (χ0) is 14.4. The molecule has 0 aliphatic heterocycles. The van der Waals surface area contributed by atoms with Crippen LogP contribution in [0.5, 0.6) is 0 Å². The van der Waals surface area contributed by atoms with Crippen LogP contribution in [0, 0.1) is 0 Å². The van der Waals surface area contributed by atoms with Gasteiger partial charge in [0, 0.05) is 12.8 Å². The summed E-state index contributed by atoms with van der Waals surface area (Å²) in [4.78, 5) is 0. The summed E-state index contributed by atoms with van der Waals surface area (Å²) < 4.78 is 0. The molecule has 1 aromatic carbocycles. The smallest absolute Gasteiger partial charge is 0.0660 e. The highest BCUT2D eigenvalue weighted by molar-refractivity contribution is 5.41. The van der Waals surface area contributed by atoms with Crippen molar-refractivity contribution >= 4 is 0 Å². The van der Waals surface area contributed by atoms with Gasteiger partial charge in [-0.15, -0.1) is 0 Å². The Hall–Kier alpha value is -0.860. The molecular weight excluding hydrogens is 248 g/mol. The largest absolute Gasteiger partial charge is 0.390 e. The lowest BCUT2D eigenvalue weighted by Gasteiger charge is -2.23. The summed E-state index contributed by atoms with van der Waals surface area (Å²) in [5.74, 6) is 0. The van der Waals surface area contributed by atoms with Crippen molar-refractivity contribution in [1.29, 1.82) is 0 Å². The molecule has 2 heteroatoms. The number of fused-ring (bicyclic) bond motifs is 2. The third-order valence-electron chi connectivity index (χ3n) is 4.99. The van der Waals surface area contributed by atoms with Crippen molar-refractivity contribution in [3.05, 3.63) is 34.4 Å². The minimum absolute atomic E-state index is 0.560. The molecule has 2 aliphatic carbocycles. The van der Waals surface area contributed by atoms with Gasteiger partial charge in [-0.2, -0.15) is 0 Å². The lowest BCUT2D eigenvalue weighted by molar-refractivity contribution is 0.0512. The maximum Gasteiger partial charge on any atom is 0.0660 e. The van der Waals surface area contributed by atoms with Gasteiger partial charge in [-0.3, -0.25) is 0 Å². The summed E-state index contributed by atoms with van der Waals surface area (Å²) in [6.07, 6.45) is 7.51. The van der Waals surface area contributed by atoms with Gasteiger partial charge in [0.15, 0.2) is 0 Å². The van der Waals surface area contributed by atoms with E-state index >= 15 is 0 Å². The van der Waals surface area contributed by atoms with Crippen LogP contribution < -0.4 is 0 Å². The van der Waals surface area contributed by atoms with Crippen LogP contribution in [0.4, 0.5) is 0 Å². The van der Waals surface area contributed by atoms with Gasteiger partial charge in [-0.1, -0.05) is 12.1 Å². The van der Waals surface area contributed by atoms with Crippen molar-refractivity contribution in [1.82, 2.24) is 0 Å². The third-order valence-corrected chi connectivity index (χ3v) is 4.99. The van der Waals surface area contributed by atoms with Gasteiger partial charge in [0.1, 0.15) is 0 Å². The Morgan fingerprint density at radius 3 is 1.55 bits per heavy atom. The number of hydrogen-bond donors (Lipinski definition) is 2. The number of aliphatic hydroxyl groups is 2. The predicted molar refractivity (Wildman–Crippen MR) is 81.0 cm³/mol. The van der Waals surface area contributed by atoms with Crippen molar-refractivity contribution in [3.8, 4) is 0 Å². The van der Waals surface area contributed by atoms with E-state index in [-0.39, 0.29) is 0 Å². The molecular formula is C18H26O2. The lowest BCUT2D eigenvalue weighted by Crippen LogP contribution is -2.26.